The predicted octanol–water partition coefficient (Wildman–Crippen LogP) is 1.49. The lowest BCUT2D eigenvalue weighted by Crippen LogP contribution is -2.63. The summed E-state index contributed by atoms with van der Waals surface area (Å²) in [5.74, 6) is 0.182. The number of aliphatic hydroxyl groups excluding tert-OH is 1. The molecule has 5 nitrogen and oxygen atoms in total. The summed E-state index contributed by atoms with van der Waals surface area (Å²) in [6, 6.07) is 0.134. The molecule has 5 heteroatoms. The summed E-state index contributed by atoms with van der Waals surface area (Å²) in [6.07, 6.45) is 2.55. The van der Waals surface area contributed by atoms with Gasteiger partial charge in [-0.3, -0.25) is 9.69 Å². The second-order valence-electron chi connectivity index (χ2n) is 7.18. The van der Waals surface area contributed by atoms with Crippen molar-refractivity contribution in [1.82, 2.24) is 9.80 Å². The molecule has 0 bridgehead atoms. The van der Waals surface area contributed by atoms with E-state index in [0.29, 0.717) is 6.61 Å². The second-order valence-corrected chi connectivity index (χ2v) is 7.18. The van der Waals surface area contributed by atoms with Gasteiger partial charge in [0.05, 0.1) is 18.2 Å². The van der Waals surface area contributed by atoms with Crippen LogP contribution in [0.25, 0.3) is 0 Å². The minimum Gasteiger partial charge on any atom is -0.392 e. The first-order valence-electron chi connectivity index (χ1n) is 8.64. The Morgan fingerprint density at radius 1 is 1.36 bits per heavy atom. The van der Waals surface area contributed by atoms with Gasteiger partial charge in [0, 0.05) is 31.5 Å². The number of amides is 1. The normalized spacial score (nSPS) is 29.4. The Morgan fingerprint density at radius 2 is 1.95 bits per heavy atom. The summed E-state index contributed by atoms with van der Waals surface area (Å²) in [5.41, 5.74) is -0.0702. The fourth-order valence-electron chi connectivity index (χ4n) is 3.85. The van der Waals surface area contributed by atoms with Gasteiger partial charge in [0.25, 0.3) is 0 Å². The van der Waals surface area contributed by atoms with Crippen LogP contribution in [-0.2, 0) is 9.53 Å². The first kappa shape index (κ1) is 17.7. The Kier molecular flexibility index (Phi) is 5.51. The Labute approximate surface area is 134 Å². The molecule has 1 saturated carbocycles. The van der Waals surface area contributed by atoms with E-state index < -0.39 is 0 Å². The number of likely N-dealkylation sites (tertiary alicyclic amines) is 1. The third kappa shape index (κ3) is 3.03. The molecule has 0 aromatic rings. The van der Waals surface area contributed by atoms with Gasteiger partial charge in [-0.15, -0.1) is 0 Å². The summed E-state index contributed by atoms with van der Waals surface area (Å²) < 4.78 is 5.80. The SMILES string of the molecule is CCO[C@@H]1C[C@@H](O)C12CCN([C@@H](C)C(=O)N(C)C(C)C)CC2. The van der Waals surface area contributed by atoms with Crippen LogP contribution >= 0.6 is 0 Å². The summed E-state index contributed by atoms with van der Waals surface area (Å²) in [7, 11) is 1.87. The maximum Gasteiger partial charge on any atom is 0.239 e. The third-order valence-corrected chi connectivity index (χ3v) is 5.87. The van der Waals surface area contributed by atoms with Crippen molar-refractivity contribution in [3.63, 3.8) is 0 Å². The molecule has 1 saturated heterocycles. The fraction of sp³-hybridized carbons (Fsp3) is 0.941. The Morgan fingerprint density at radius 3 is 2.41 bits per heavy atom. The van der Waals surface area contributed by atoms with Gasteiger partial charge in [-0.05, 0) is 53.6 Å². The van der Waals surface area contributed by atoms with Gasteiger partial charge >= 0.3 is 0 Å². The van der Waals surface area contributed by atoms with Crippen molar-refractivity contribution in [2.24, 2.45) is 5.41 Å². The van der Waals surface area contributed by atoms with Gasteiger partial charge in [0.15, 0.2) is 0 Å². The Bertz CT molecular complexity index is 389. The molecule has 1 heterocycles. The van der Waals surface area contributed by atoms with E-state index in [2.05, 4.69) is 4.90 Å². The van der Waals surface area contributed by atoms with Crippen molar-refractivity contribution < 1.29 is 14.6 Å². The van der Waals surface area contributed by atoms with Crippen molar-refractivity contribution in [1.29, 1.82) is 0 Å². The van der Waals surface area contributed by atoms with E-state index in [9.17, 15) is 9.90 Å². The number of piperidine rings is 1. The summed E-state index contributed by atoms with van der Waals surface area (Å²) in [4.78, 5) is 16.5. The highest BCUT2D eigenvalue weighted by molar-refractivity contribution is 5.81. The Hall–Kier alpha value is -0.650. The predicted molar refractivity (Wildman–Crippen MR) is 86.6 cm³/mol. The largest absolute Gasteiger partial charge is 0.392 e. The van der Waals surface area contributed by atoms with E-state index in [4.69, 9.17) is 4.74 Å². The van der Waals surface area contributed by atoms with Crippen molar-refractivity contribution >= 4 is 5.91 Å². The number of likely N-dealkylation sites (N-methyl/N-ethyl adjacent to an activating group) is 1. The van der Waals surface area contributed by atoms with E-state index >= 15 is 0 Å². The minimum atomic E-state index is -0.240. The van der Waals surface area contributed by atoms with Gasteiger partial charge in [-0.1, -0.05) is 0 Å². The zero-order valence-electron chi connectivity index (χ0n) is 14.7. The molecule has 2 rings (SSSR count). The van der Waals surface area contributed by atoms with Crippen LogP contribution in [0, 0.1) is 5.41 Å². The number of carbonyl (C=O) groups is 1. The van der Waals surface area contributed by atoms with Crippen molar-refractivity contribution in [3.05, 3.63) is 0 Å². The number of hydrogen-bond acceptors (Lipinski definition) is 4. The molecule has 1 aliphatic carbocycles. The maximum atomic E-state index is 12.5. The van der Waals surface area contributed by atoms with Crippen LogP contribution in [0.1, 0.15) is 47.0 Å². The van der Waals surface area contributed by atoms with Gasteiger partial charge in [-0.25, -0.2) is 0 Å². The van der Waals surface area contributed by atoms with Crippen LogP contribution in [0.5, 0.6) is 0 Å². The monoisotopic (exact) mass is 312 g/mol. The van der Waals surface area contributed by atoms with E-state index in [1.54, 1.807) is 0 Å². The van der Waals surface area contributed by atoms with Crippen molar-refractivity contribution in [2.75, 3.05) is 26.7 Å². The molecule has 2 fully saturated rings. The zero-order chi connectivity index (χ0) is 16.5. The van der Waals surface area contributed by atoms with Crippen LogP contribution in [-0.4, -0.2) is 71.8 Å². The standard InChI is InChI=1S/C17H32N2O3/c1-6-22-15-11-14(20)17(15)7-9-19(10-8-17)13(4)16(21)18(5)12(2)3/h12-15,20H,6-11H2,1-5H3/t13-,14+,15+/m0/s1. The number of hydrogen-bond donors (Lipinski definition) is 1. The van der Waals surface area contributed by atoms with E-state index in [1.807, 2.05) is 39.6 Å². The summed E-state index contributed by atoms with van der Waals surface area (Å²) in [6.45, 7) is 10.5. The van der Waals surface area contributed by atoms with Gasteiger partial charge < -0.3 is 14.7 Å². The molecule has 0 unspecified atom stereocenters. The van der Waals surface area contributed by atoms with Crippen LogP contribution < -0.4 is 0 Å². The molecule has 1 amide bonds. The van der Waals surface area contributed by atoms with Crippen LogP contribution in [0.3, 0.4) is 0 Å². The molecule has 0 aromatic carbocycles. The van der Waals surface area contributed by atoms with E-state index in [1.165, 1.54) is 0 Å². The molecule has 128 valence electrons. The number of aliphatic hydroxyl groups is 1. The average molecular weight is 312 g/mol. The number of rotatable bonds is 5. The topological polar surface area (TPSA) is 53.0 Å². The maximum absolute atomic E-state index is 12.5. The third-order valence-electron chi connectivity index (χ3n) is 5.87. The van der Waals surface area contributed by atoms with Crippen LogP contribution in [0.4, 0.5) is 0 Å². The van der Waals surface area contributed by atoms with E-state index in [-0.39, 0.29) is 35.6 Å². The quantitative estimate of drug-likeness (QED) is 0.836. The minimum absolute atomic E-state index is 0.0702. The summed E-state index contributed by atoms with van der Waals surface area (Å²) >= 11 is 0. The molecule has 3 atom stereocenters. The highest BCUT2D eigenvalue weighted by Gasteiger charge is 2.56. The lowest BCUT2D eigenvalue weighted by molar-refractivity contribution is -0.211. The molecule has 1 spiro atoms. The van der Waals surface area contributed by atoms with Gasteiger partial charge in [-0.2, -0.15) is 0 Å². The fourth-order valence-corrected chi connectivity index (χ4v) is 3.85. The highest BCUT2D eigenvalue weighted by atomic mass is 16.5. The molecule has 1 aliphatic heterocycles. The number of ether oxygens (including phenoxy) is 1. The van der Waals surface area contributed by atoms with Crippen molar-refractivity contribution in [2.45, 2.75) is 71.2 Å². The number of carbonyl (C=O) groups excluding carboxylic acids is 1. The lowest BCUT2D eigenvalue weighted by Gasteiger charge is -2.57. The molecule has 2 aliphatic rings. The molecule has 0 radical (unpaired) electrons. The molecular formula is C17H32N2O3. The van der Waals surface area contributed by atoms with Crippen LogP contribution in [0.2, 0.25) is 0 Å². The number of nitrogens with zero attached hydrogens (tertiary/aromatic N) is 2. The van der Waals surface area contributed by atoms with E-state index in [0.717, 1.165) is 32.4 Å². The van der Waals surface area contributed by atoms with Crippen LogP contribution in [0.15, 0.2) is 0 Å². The van der Waals surface area contributed by atoms with Crippen molar-refractivity contribution in [3.8, 4) is 0 Å². The first-order valence-corrected chi connectivity index (χ1v) is 8.64. The Balaban J connectivity index is 1.93. The highest BCUT2D eigenvalue weighted by Crippen LogP contribution is 2.51. The molecule has 0 aromatic heterocycles. The molecular weight excluding hydrogens is 280 g/mol. The molecule has 22 heavy (non-hydrogen) atoms. The zero-order valence-corrected chi connectivity index (χ0v) is 14.7. The second kappa shape index (κ2) is 6.85. The lowest BCUT2D eigenvalue weighted by atomic mass is 9.58. The van der Waals surface area contributed by atoms with Gasteiger partial charge in [0.2, 0.25) is 5.91 Å². The summed E-state index contributed by atoms with van der Waals surface area (Å²) in [5, 5.41) is 10.2. The smallest absolute Gasteiger partial charge is 0.239 e. The molecule has 1 N–H and O–H groups in total. The van der Waals surface area contributed by atoms with Gasteiger partial charge in [0.1, 0.15) is 0 Å². The average Bonchev–Trinajstić information content (AvgIpc) is 2.52. The first-order chi connectivity index (χ1) is 10.3.